The van der Waals surface area contributed by atoms with Gasteiger partial charge in [-0.2, -0.15) is 10.1 Å². The Balaban J connectivity index is 1.48. The molecule has 2 heterocycles. The van der Waals surface area contributed by atoms with Crippen LogP contribution in [0.3, 0.4) is 0 Å². The fourth-order valence-corrected chi connectivity index (χ4v) is 2.67. The van der Waals surface area contributed by atoms with Gasteiger partial charge < -0.3 is 9.84 Å². The molecule has 1 aromatic carbocycles. The highest BCUT2D eigenvalue weighted by atomic mass is 16.5. The Hall–Kier alpha value is -2.47. The monoisotopic (exact) mass is 325 g/mol. The number of aryl methyl sites for hydroxylation is 2. The SMILES string of the molecule is Cc1cc(C)n(CC(C)NCCc2noc(-c3ccccc3)n2)n1. The van der Waals surface area contributed by atoms with Gasteiger partial charge in [0.25, 0.3) is 5.89 Å². The van der Waals surface area contributed by atoms with Gasteiger partial charge in [0.05, 0.1) is 12.2 Å². The molecule has 0 aliphatic heterocycles. The van der Waals surface area contributed by atoms with Crippen LogP contribution < -0.4 is 5.32 Å². The third-order valence-electron chi connectivity index (χ3n) is 3.88. The molecule has 3 rings (SSSR count). The quantitative estimate of drug-likeness (QED) is 0.723. The first kappa shape index (κ1) is 16.4. The summed E-state index contributed by atoms with van der Waals surface area (Å²) in [5, 5.41) is 12.0. The maximum atomic E-state index is 5.32. The topological polar surface area (TPSA) is 68.8 Å². The van der Waals surface area contributed by atoms with Gasteiger partial charge in [0, 0.05) is 30.3 Å². The lowest BCUT2D eigenvalue weighted by atomic mass is 10.2. The fourth-order valence-electron chi connectivity index (χ4n) is 2.67. The van der Waals surface area contributed by atoms with Crippen LogP contribution in [-0.2, 0) is 13.0 Å². The molecule has 0 amide bonds. The van der Waals surface area contributed by atoms with Crippen LogP contribution in [0.25, 0.3) is 11.5 Å². The molecule has 1 unspecified atom stereocenters. The average molecular weight is 325 g/mol. The first-order chi connectivity index (χ1) is 11.6. The van der Waals surface area contributed by atoms with Gasteiger partial charge in [-0.15, -0.1) is 0 Å². The van der Waals surface area contributed by atoms with E-state index in [9.17, 15) is 0 Å². The Morgan fingerprint density at radius 1 is 1.21 bits per heavy atom. The van der Waals surface area contributed by atoms with Gasteiger partial charge in [-0.3, -0.25) is 4.68 Å². The second-order valence-corrected chi connectivity index (χ2v) is 6.10. The number of nitrogens with one attached hydrogen (secondary N) is 1. The van der Waals surface area contributed by atoms with Crippen LogP contribution >= 0.6 is 0 Å². The van der Waals surface area contributed by atoms with Crippen molar-refractivity contribution in [3.63, 3.8) is 0 Å². The zero-order valence-electron chi connectivity index (χ0n) is 14.4. The largest absolute Gasteiger partial charge is 0.334 e. The summed E-state index contributed by atoms with van der Waals surface area (Å²) >= 11 is 0. The summed E-state index contributed by atoms with van der Waals surface area (Å²) in [5.41, 5.74) is 3.19. The summed E-state index contributed by atoms with van der Waals surface area (Å²) in [5.74, 6) is 1.29. The molecular weight excluding hydrogens is 302 g/mol. The summed E-state index contributed by atoms with van der Waals surface area (Å²) in [6, 6.07) is 12.2. The smallest absolute Gasteiger partial charge is 0.257 e. The Morgan fingerprint density at radius 3 is 2.71 bits per heavy atom. The summed E-state index contributed by atoms with van der Waals surface area (Å²) in [6.07, 6.45) is 0.734. The van der Waals surface area contributed by atoms with Gasteiger partial charge in [0.2, 0.25) is 0 Å². The van der Waals surface area contributed by atoms with E-state index in [1.807, 2.05) is 41.9 Å². The third-order valence-corrected chi connectivity index (χ3v) is 3.88. The average Bonchev–Trinajstić information content (AvgIpc) is 3.15. The maximum Gasteiger partial charge on any atom is 0.257 e. The second-order valence-electron chi connectivity index (χ2n) is 6.10. The number of hydrogen-bond donors (Lipinski definition) is 1. The van der Waals surface area contributed by atoms with Gasteiger partial charge in [-0.05, 0) is 39.0 Å². The molecule has 1 atom stereocenters. The van der Waals surface area contributed by atoms with Crippen LogP contribution in [-0.4, -0.2) is 32.5 Å². The molecule has 0 saturated heterocycles. The highest BCUT2D eigenvalue weighted by Gasteiger charge is 2.10. The Labute approximate surface area is 141 Å². The third kappa shape index (κ3) is 4.08. The van der Waals surface area contributed by atoms with Gasteiger partial charge in [0.1, 0.15) is 0 Å². The molecule has 3 aromatic rings. The Morgan fingerprint density at radius 2 is 2.00 bits per heavy atom. The van der Waals surface area contributed by atoms with Crippen molar-refractivity contribution in [2.45, 2.75) is 39.8 Å². The van der Waals surface area contributed by atoms with E-state index >= 15 is 0 Å². The van der Waals surface area contributed by atoms with Crippen molar-refractivity contribution in [2.75, 3.05) is 6.54 Å². The van der Waals surface area contributed by atoms with Crippen LogP contribution in [0.2, 0.25) is 0 Å². The van der Waals surface area contributed by atoms with Gasteiger partial charge in [0.15, 0.2) is 5.82 Å². The van der Waals surface area contributed by atoms with Crippen LogP contribution in [0, 0.1) is 13.8 Å². The minimum absolute atomic E-state index is 0.323. The highest BCUT2D eigenvalue weighted by molar-refractivity contribution is 5.51. The Kier molecular flexibility index (Phi) is 5.05. The van der Waals surface area contributed by atoms with Crippen molar-refractivity contribution in [3.05, 3.63) is 53.6 Å². The molecule has 6 nitrogen and oxygen atoms in total. The number of hydrogen-bond acceptors (Lipinski definition) is 5. The molecule has 0 bridgehead atoms. The summed E-state index contributed by atoms with van der Waals surface area (Å²) < 4.78 is 7.36. The van der Waals surface area contributed by atoms with Gasteiger partial charge in [-0.1, -0.05) is 23.4 Å². The van der Waals surface area contributed by atoms with Crippen molar-refractivity contribution in [3.8, 4) is 11.5 Å². The number of aromatic nitrogens is 4. The number of nitrogens with zero attached hydrogens (tertiary/aromatic N) is 4. The minimum Gasteiger partial charge on any atom is -0.334 e. The lowest BCUT2D eigenvalue weighted by molar-refractivity contribution is 0.416. The lowest BCUT2D eigenvalue weighted by Crippen LogP contribution is -2.32. The second kappa shape index (κ2) is 7.40. The van der Waals surface area contributed by atoms with Crippen molar-refractivity contribution in [1.82, 2.24) is 25.2 Å². The van der Waals surface area contributed by atoms with Crippen molar-refractivity contribution in [2.24, 2.45) is 0 Å². The summed E-state index contributed by atoms with van der Waals surface area (Å²) in [4.78, 5) is 4.44. The molecule has 24 heavy (non-hydrogen) atoms. The van der Waals surface area contributed by atoms with Crippen LogP contribution in [0.5, 0.6) is 0 Å². The lowest BCUT2D eigenvalue weighted by Gasteiger charge is -2.14. The number of benzene rings is 1. The minimum atomic E-state index is 0.323. The normalized spacial score (nSPS) is 12.5. The summed E-state index contributed by atoms with van der Waals surface area (Å²) in [7, 11) is 0. The van der Waals surface area contributed by atoms with Crippen LogP contribution in [0.4, 0.5) is 0 Å². The molecule has 2 aromatic heterocycles. The van der Waals surface area contributed by atoms with E-state index in [1.54, 1.807) is 0 Å². The van der Waals surface area contributed by atoms with Crippen molar-refractivity contribution >= 4 is 0 Å². The van der Waals surface area contributed by atoms with E-state index in [0.29, 0.717) is 11.9 Å². The van der Waals surface area contributed by atoms with E-state index in [2.05, 4.69) is 40.5 Å². The van der Waals surface area contributed by atoms with E-state index < -0.39 is 0 Å². The van der Waals surface area contributed by atoms with Gasteiger partial charge in [-0.25, -0.2) is 0 Å². The molecule has 126 valence electrons. The molecule has 0 saturated carbocycles. The maximum absolute atomic E-state index is 5.32. The Bertz CT molecular complexity index is 778. The van der Waals surface area contributed by atoms with E-state index in [4.69, 9.17) is 4.52 Å². The molecule has 0 spiro atoms. The molecule has 0 fully saturated rings. The van der Waals surface area contributed by atoms with Crippen LogP contribution in [0.1, 0.15) is 24.1 Å². The molecular formula is C18H23N5O. The van der Waals surface area contributed by atoms with Crippen molar-refractivity contribution < 1.29 is 4.52 Å². The predicted molar refractivity (Wildman–Crippen MR) is 92.6 cm³/mol. The first-order valence-electron chi connectivity index (χ1n) is 8.24. The van der Waals surface area contributed by atoms with E-state index in [1.165, 1.54) is 5.69 Å². The highest BCUT2D eigenvalue weighted by Crippen LogP contribution is 2.16. The van der Waals surface area contributed by atoms with E-state index in [-0.39, 0.29) is 0 Å². The molecule has 0 aliphatic rings. The van der Waals surface area contributed by atoms with Gasteiger partial charge >= 0.3 is 0 Å². The molecule has 0 aliphatic carbocycles. The zero-order valence-corrected chi connectivity index (χ0v) is 14.4. The zero-order chi connectivity index (χ0) is 16.9. The standard InChI is InChI=1S/C18H23N5O/c1-13-11-15(3)23(21-13)12-14(2)19-10-9-17-20-18(24-22-17)16-7-5-4-6-8-16/h4-8,11,14,19H,9-10,12H2,1-3H3. The predicted octanol–water partition coefficient (Wildman–Crippen LogP) is 2.77. The van der Waals surface area contributed by atoms with Crippen LogP contribution in [0.15, 0.2) is 40.9 Å². The molecule has 6 heteroatoms. The summed E-state index contributed by atoms with van der Waals surface area (Å²) in [6.45, 7) is 7.90. The molecule has 1 N–H and O–H groups in total. The fraction of sp³-hybridized carbons (Fsp3) is 0.389. The first-order valence-corrected chi connectivity index (χ1v) is 8.24. The van der Waals surface area contributed by atoms with Crippen molar-refractivity contribution in [1.29, 1.82) is 0 Å². The van der Waals surface area contributed by atoms with E-state index in [0.717, 1.165) is 36.6 Å². The number of rotatable bonds is 7. The molecule has 0 radical (unpaired) electrons.